The first-order valence-electron chi connectivity index (χ1n) is 16.2. The molecule has 2 N–H and O–H groups in total. The number of nitrogens with zero attached hydrogens (tertiary/aromatic N) is 2. The van der Waals surface area contributed by atoms with Gasteiger partial charge in [-0.2, -0.15) is 0 Å². The monoisotopic (exact) mass is 602 g/mol. The largest absolute Gasteiger partial charge is 0.493 e. The van der Waals surface area contributed by atoms with E-state index in [4.69, 9.17) is 9.47 Å². The first-order valence-corrected chi connectivity index (χ1v) is 16.2. The molecular formula is C35H46N4O5. The van der Waals surface area contributed by atoms with E-state index >= 15 is 0 Å². The summed E-state index contributed by atoms with van der Waals surface area (Å²) in [5, 5.41) is 6.34. The molecule has 2 saturated heterocycles. The average molecular weight is 603 g/mol. The van der Waals surface area contributed by atoms with Crippen molar-refractivity contribution in [1.29, 1.82) is 0 Å². The van der Waals surface area contributed by atoms with E-state index in [9.17, 15) is 14.4 Å². The van der Waals surface area contributed by atoms with Crippen LogP contribution in [0.15, 0.2) is 48.5 Å². The molecule has 2 fully saturated rings. The van der Waals surface area contributed by atoms with Gasteiger partial charge in [-0.15, -0.1) is 0 Å². The van der Waals surface area contributed by atoms with E-state index in [1.165, 1.54) is 11.1 Å². The quantitative estimate of drug-likeness (QED) is 0.559. The number of carbonyl (C=O) groups excluding carboxylic acids is 3. The van der Waals surface area contributed by atoms with Crippen molar-refractivity contribution < 1.29 is 23.9 Å². The van der Waals surface area contributed by atoms with Gasteiger partial charge in [0.2, 0.25) is 11.8 Å². The van der Waals surface area contributed by atoms with Crippen molar-refractivity contribution >= 4 is 17.7 Å². The van der Waals surface area contributed by atoms with Crippen molar-refractivity contribution in [2.45, 2.75) is 89.6 Å². The molecular weight excluding hydrogens is 556 g/mol. The molecule has 0 unspecified atom stereocenters. The van der Waals surface area contributed by atoms with Gasteiger partial charge >= 0.3 is 0 Å². The summed E-state index contributed by atoms with van der Waals surface area (Å²) >= 11 is 0. The number of nitrogens with one attached hydrogen (secondary N) is 2. The van der Waals surface area contributed by atoms with Crippen molar-refractivity contribution in [3.05, 3.63) is 65.2 Å². The highest BCUT2D eigenvalue weighted by atomic mass is 16.5. The van der Waals surface area contributed by atoms with Crippen LogP contribution in [-0.2, 0) is 27.2 Å². The zero-order valence-corrected chi connectivity index (χ0v) is 26.2. The molecule has 44 heavy (non-hydrogen) atoms. The van der Waals surface area contributed by atoms with Crippen molar-refractivity contribution in [3.63, 3.8) is 0 Å². The normalized spacial score (nSPS) is 26.8. The zero-order chi connectivity index (χ0) is 30.8. The number of rotatable bonds is 3. The molecule has 0 spiro atoms. The second-order valence-corrected chi connectivity index (χ2v) is 14.0. The van der Waals surface area contributed by atoms with Crippen LogP contribution in [0.4, 0.5) is 0 Å². The van der Waals surface area contributed by atoms with Gasteiger partial charge in [0, 0.05) is 45.1 Å². The van der Waals surface area contributed by atoms with Crippen LogP contribution in [0, 0.1) is 5.41 Å². The van der Waals surface area contributed by atoms with Gasteiger partial charge in [0.1, 0.15) is 11.8 Å². The average Bonchev–Trinajstić information content (AvgIpc) is 3.44. The van der Waals surface area contributed by atoms with E-state index in [2.05, 4.69) is 39.8 Å². The molecule has 2 aromatic carbocycles. The van der Waals surface area contributed by atoms with Crippen molar-refractivity contribution in [2.24, 2.45) is 5.41 Å². The summed E-state index contributed by atoms with van der Waals surface area (Å²) in [6.45, 7) is 8.42. The van der Waals surface area contributed by atoms with Crippen LogP contribution < -0.4 is 15.4 Å². The van der Waals surface area contributed by atoms with Gasteiger partial charge in [-0.1, -0.05) is 57.2 Å². The number of carbonyl (C=O) groups is 3. The second kappa shape index (κ2) is 12.9. The Balaban J connectivity index is 1.24. The molecule has 3 aliphatic heterocycles. The van der Waals surface area contributed by atoms with Crippen molar-refractivity contribution in [1.82, 2.24) is 20.4 Å². The molecule has 0 radical (unpaired) electrons. The molecule has 9 nitrogen and oxygen atoms in total. The standard InChI is InChI=1S/C35H46N4O5/c1-35(2,3)20-32(40)37-28-13-12-26-14-17-43-30-11-7-6-10-27(30)34(42)39-16-15-38(22-29(39)33(41)36-21-31(28)44-26)25-18-23-8-4-5-9-24(23)19-25/h4-11,25-26,28-29,31H,12-22H2,1-3H3,(H,36,41)(H,37,40)/t26-,28+,29-,31+/m0/s1. The first-order chi connectivity index (χ1) is 21.1. The molecule has 2 aromatic rings. The summed E-state index contributed by atoms with van der Waals surface area (Å²) in [7, 11) is 0. The molecule has 3 heterocycles. The number of benzene rings is 2. The van der Waals surface area contributed by atoms with Gasteiger partial charge in [0.15, 0.2) is 0 Å². The SMILES string of the molecule is CC(C)(C)CC(=O)N[C@@H]1CC[C@H]2CCOc3ccccc3C(=O)N3CCN(C4Cc5ccccc5C4)C[C@H]3C(=O)NC[C@H]1O2. The molecule has 9 heteroatoms. The maximum absolute atomic E-state index is 14.1. The van der Waals surface area contributed by atoms with Gasteiger partial charge in [-0.3, -0.25) is 19.3 Å². The molecule has 0 saturated carbocycles. The van der Waals surface area contributed by atoms with Crippen LogP contribution in [0.2, 0.25) is 0 Å². The second-order valence-electron chi connectivity index (χ2n) is 14.0. The number of hydrogen-bond donors (Lipinski definition) is 2. The minimum Gasteiger partial charge on any atom is -0.493 e. The van der Waals surface area contributed by atoms with E-state index in [0.717, 1.165) is 25.7 Å². The Morgan fingerprint density at radius 1 is 0.977 bits per heavy atom. The van der Waals surface area contributed by atoms with E-state index < -0.39 is 6.04 Å². The number of piperazine rings is 1. The van der Waals surface area contributed by atoms with Gasteiger partial charge in [0.05, 0.1) is 30.4 Å². The van der Waals surface area contributed by atoms with Crippen LogP contribution in [0.1, 0.15) is 67.9 Å². The Morgan fingerprint density at radius 2 is 1.70 bits per heavy atom. The molecule has 3 amide bonds. The molecule has 6 rings (SSSR count). The number of amides is 3. The van der Waals surface area contributed by atoms with Gasteiger partial charge in [-0.25, -0.2) is 0 Å². The minimum absolute atomic E-state index is 0.00697. The lowest BCUT2D eigenvalue weighted by atomic mass is 9.91. The lowest BCUT2D eigenvalue weighted by Gasteiger charge is -2.43. The van der Waals surface area contributed by atoms with Crippen LogP contribution in [0.3, 0.4) is 0 Å². The highest BCUT2D eigenvalue weighted by Crippen LogP contribution is 2.30. The highest BCUT2D eigenvalue weighted by Gasteiger charge is 2.41. The topological polar surface area (TPSA) is 100 Å². The fourth-order valence-electron chi connectivity index (χ4n) is 7.21. The van der Waals surface area contributed by atoms with Crippen molar-refractivity contribution in [3.8, 4) is 5.75 Å². The molecule has 4 atom stereocenters. The van der Waals surface area contributed by atoms with E-state index in [0.29, 0.717) is 56.4 Å². The Kier molecular flexibility index (Phi) is 8.96. The van der Waals surface area contributed by atoms with Crippen LogP contribution in [0.25, 0.3) is 0 Å². The summed E-state index contributed by atoms with van der Waals surface area (Å²) in [4.78, 5) is 45.0. The lowest BCUT2D eigenvalue weighted by Crippen LogP contribution is -2.63. The Morgan fingerprint density at radius 3 is 2.45 bits per heavy atom. The van der Waals surface area contributed by atoms with E-state index in [1.54, 1.807) is 11.0 Å². The summed E-state index contributed by atoms with van der Waals surface area (Å²) in [6, 6.07) is 15.3. The summed E-state index contributed by atoms with van der Waals surface area (Å²) in [6.07, 6.45) is 4.07. The maximum Gasteiger partial charge on any atom is 0.258 e. The number of ether oxygens (including phenoxy) is 2. The molecule has 0 aromatic heterocycles. The summed E-state index contributed by atoms with van der Waals surface area (Å²) < 4.78 is 12.7. The third-order valence-electron chi connectivity index (χ3n) is 9.47. The smallest absolute Gasteiger partial charge is 0.258 e. The third kappa shape index (κ3) is 6.94. The fraction of sp³-hybridized carbons (Fsp3) is 0.571. The predicted molar refractivity (Wildman–Crippen MR) is 167 cm³/mol. The lowest BCUT2D eigenvalue weighted by molar-refractivity contribution is -0.132. The summed E-state index contributed by atoms with van der Waals surface area (Å²) in [5.41, 5.74) is 3.08. The Labute approximate surface area is 260 Å². The van der Waals surface area contributed by atoms with Crippen molar-refractivity contribution in [2.75, 3.05) is 32.8 Å². The van der Waals surface area contributed by atoms with E-state index in [1.807, 2.05) is 39.0 Å². The molecule has 1 aliphatic carbocycles. The number of hydrogen-bond acceptors (Lipinski definition) is 6. The molecule has 236 valence electrons. The highest BCUT2D eigenvalue weighted by molar-refractivity contribution is 6.00. The zero-order valence-electron chi connectivity index (χ0n) is 26.2. The predicted octanol–water partition coefficient (Wildman–Crippen LogP) is 3.35. The third-order valence-corrected chi connectivity index (χ3v) is 9.47. The van der Waals surface area contributed by atoms with E-state index in [-0.39, 0.29) is 47.9 Å². The molecule has 4 aliphatic rings. The Bertz CT molecular complexity index is 1350. The fourth-order valence-corrected chi connectivity index (χ4v) is 7.21. The number of para-hydroxylation sites is 1. The van der Waals surface area contributed by atoms with Crippen LogP contribution in [-0.4, -0.2) is 90.6 Å². The van der Waals surface area contributed by atoms with Gasteiger partial charge < -0.3 is 25.0 Å². The summed E-state index contributed by atoms with van der Waals surface area (Å²) in [5.74, 6) is 0.144. The number of fused-ring (bicyclic) bond motifs is 5. The van der Waals surface area contributed by atoms with Gasteiger partial charge in [-0.05, 0) is 54.4 Å². The van der Waals surface area contributed by atoms with Crippen LogP contribution in [0.5, 0.6) is 5.75 Å². The van der Waals surface area contributed by atoms with Crippen LogP contribution >= 0.6 is 0 Å². The first kappa shape index (κ1) is 30.6. The molecule has 2 bridgehead atoms. The minimum atomic E-state index is -0.663. The van der Waals surface area contributed by atoms with Gasteiger partial charge in [0.25, 0.3) is 5.91 Å². The Hall–Kier alpha value is -3.43. The maximum atomic E-state index is 14.1.